The highest BCUT2D eigenvalue weighted by Crippen LogP contribution is 2.20. The van der Waals surface area contributed by atoms with Crippen LogP contribution in [0.5, 0.6) is 0 Å². The lowest BCUT2D eigenvalue weighted by atomic mass is 10.2. The van der Waals surface area contributed by atoms with Gasteiger partial charge in [0.1, 0.15) is 0 Å². The molecule has 0 aliphatic heterocycles. The number of aromatic nitrogens is 4. The normalized spacial score (nSPS) is 11.0. The molecular formula is C17H20FN5. The van der Waals surface area contributed by atoms with Crippen LogP contribution in [-0.4, -0.2) is 19.5 Å². The maximum absolute atomic E-state index is 13.8. The summed E-state index contributed by atoms with van der Waals surface area (Å²) >= 11 is 0. The van der Waals surface area contributed by atoms with Crippen molar-refractivity contribution >= 4 is 17.0 Å². The van der Waals surface area contributed by atoms with E-state index in [1.807, 2.05) is 34.9 Å². The third-order valence-corrected chi connectivity index (χ3v) is 3.74. The number of unbranched alkanes of at least 4 members (excludes halogenated alkanes) is 2. The van der Waals surface area contributed by atoms with Gasteiger partial charge in [0.25, 0.3) is 0 Å². The minimum atomic E-state index is -0.731. The Bertz CT molecular complexity index is 769. The largest absolute Gasteiger partial charge is 0.364 e. The Balaban J connectivity index is 1.82. The van der Waals surface area contributed by atoms with Crippen molar-refractivity contribution in [3.8, 4) is 0 Å². The van der Waals surface area contributed by atoms with E-state index in [2.05, 4.69) is 27.2 Å². The maximum Gasteiger partial charge on any atom is 0.312 e. The number of halogens is 1. The maximum atomic E-state index is 13.8. The summed E-state index contributed by atoms with van der Waals surface area (Å²) in [6.45, 7) is 3.51. The van der Waals surface area contributed by atoms with Crippen molar-refractivity contribution in [2.75, 3.05) is 5.32 Å². The third-order valence-electron chi connectivity index (χ3n) is 3.74. The fourth-order valence-corrected chi connectivity index (χ4v) is 2.52. The summed E-state index contributed by atoms with van der Waals surface area (Å²) in [5, 5.41) is 3.16. The van der Waals surface area contributed by atoms with Crippen LogP contribution >= 0.6 is 0 Å². The van der Waals surface area contributed by atoms with Crippen molar-refractivity contribution in [3.63, 3.8) is 0 Å². The Morgan fingerprint density at radius 1 is 1.13 bits per heavy atom. The van der Waals surface area contributed by atoms with Crippen LogP contribution in [0.3, 0.4) is 0 Å². The molecule has 0 radical (unpaired) electrons. The minimum Gasteiger partial charge on any atom is -0.364 e. The molecule has 0 saturated carbocycles. The van der Waals surface area contributed by atoms with Gasteiger partial charge in [0.2, 0.25) is 0 Å². The predicted octanol–water partition coefficient (Wildman–Crippen LogP) is 3.77. The Morgan fingerprint density at radius 3 is 2.74 bits per heavy atom. The number of imidazole rings is 1. The second-order valence-corrected chi connectivity index (χ2v) is 5.50. The van der Waals surface area contributed by atoms with Gasteiger partial charge in [-0.25, -0.2) is 4.98 Å². The molecule has 120 valence electrons. The average molecular weight is 313 g/mol. The molecule has 3 aromatic rings. The highest BCUT2D eigenvalue weighted by Gasteiger charge is 2.13. The lowest BCUT2D eigenvalue weighted by molar-refractivity contribution is 0.539. The summed E-state index contributed by atoms with van der Waals surface area (Å²) in [4.78, 5) is 12.1. The third kappa shape index (κ3) is 3.64. The fourth-order valence-electron chi connectivity index (χ4n) is 2.52. The van der Waals surface area contributed by atoms with Gasteiger partial charge < -0.3 is 9.88 Å². The van der Waals surface area contributed by atoms with Crippen LogP contribution in [0.2, 0.25) is 0 Å². The number of hydrogen-bond acceptors (Lipinski definition) is 4. The van der Waals surface area contributed by atoms with Crippen molar-refractivity contribution in [2.24, 2.45) is 0 Å². The molecule has 2 aromatic heterocycles. The summed E-state index contributed by atoms with van der Waals surface area (Å²) in [6.07, 6.45) is 4.28. The van der Waals surface area contributed by atoms with Crippen LogP contribution in [0.25, 0.3) is 11.2 Å². The predicted molar refractivity (Wildman–Crippen MR) is 88.6 cm³/mol. The van der Waals surface area contributed by atoms with Crippen LogP contribution in [0.15, 0.2) is 36.7 Å². The number of hydrogen-bond donors (Lipinski definition) is 1. The van der Waals surface area contributed by atoms with Gasteiger partial charge in [-0.05, 0) is 12.0 Å². The van der Waals surface area contributed by atoms with E-state index in [0.29, 0.717) is 23.5 Å². The summed E-state index contributed by atoms with van der Waals surface area (Å²) in [5.74, 6) is 0.436. The van der Waals surface area contributed by atoms with Gasteiger partial charge in [0.15, 0.2) is 17.0 Å². The van der Waals surface area contributed by atoms with Crippen molar-refractivity contribution in [1.82, 2.24) is 19.5 Å². The first-order valence-electron chi connectivity index (χ1n) is 7.94. The van der Waals surface area contributed by atoms with E-state index in [1.54, 1.807) is 6.33 Å². The number of anilines is 1. The molecule has 0 aliphatic carbocycles. The molecule has 0 atom stereocenters. The molecule has 5 nitrogen and oxygen atoms in total. The monoisotopic (exact) mass is 313 g/mol. The van der Waals surface area contributed by atoms with Crippen LogP contribution in [-0.2, 0) is 13.1 Å². The molecule has 6 heteroatoms. The zero-order valence-electron chi connectivity index (χ0n) is 13.2. The molecule has 0 amide bonds. The average Bonchev–Trinajstić information content (AvgIpc) is 2.97. The first-order chi connectivity index (χ1) is 11.3. The standard InChI is InChI=1S/C17H20FN5/c1-2-3-7-10-23-12-20-14-15(21-17(18)22-16(14)23)19-11-13-8-5-4-6-9-13/h4-6,8-9,12H,2-3,7,10-11H2,1H3,(H,19,21,22). The van der Waals surface area contributed by atoms with Crippen molar-refractivity contribution < 1.29 is 4.39 Å². The fraction of sp³-hybridized carbons (Fsp3) is 0.353. The van der Waals surface area contributed by atoms with Crippen LogP contribution in [0.1, 0.15) is 31.7 Å². The van der Waals surface area contributed by atoms with Gasteiger partial charge in [-0.3, -0.25) is 0 Å². The molecule has 0 aliphatic rings. The summed E-state index contributed by atoms with van der Waals surface area (Å²) < 4.78 is 15.7. The molecule has 0 unspecified atom stereocenters. The molecule has 2 heterocycles. The van der Waals surface area contributed by atoms with E-state index < -0.39 is 6.08 Å². The van der Waals surface area contributed by atoms with Gasteiger partial charge in [-0.2, -0.15) is 14.4 Å². The molecule has 0 bridgehead atoms. The molecule has 1 N–H and O–H groups in total. The molecule has 0 saturated heterocycles. The van der Waals surface area contributed by atoms with Crippen LogP contribution in [0.4, 0.5) is 10.2 Å². The van der Waals surface area contributed by atoms with E-state index in [4.69, 9.17) is 0 Å². The van der Waals surface area contributed by atoms with Gasteiger partial charge in [0.05, 0.1) is 6.33 Å². The molecule has 1 aromatic carbocycles. The van der Waals surface area contributed by atoms with Gasteiger partial charge in [0, 0.05) is 13.1 Å². The number of nitrogens with one attached hydrogen (secondary N) is 1. The number of rotatable bonds is 7. The molecule has 23 heavy (non-hydrogen) atoms. The second-order valence-electron chi connectivity index (χ2n) is 5.50. The Morgan fingerprint density at radius 2 is 1.96 bits per heavy atom. The molecule has 3 rings (SSSR count). The van der Waals surface area contributed by atoms with E-state index in [9.17, 15) is 4.39 Å². The summed E-state index contributed by atoms with van der Waals surface area (Å²) in [5.41, 5.74) is 2.25. The lowest BCUT2D eigenvalue weighted by Gasteiger charge is -2.07. The Kier molecular flexibility index (Phi) is 4.80. The van der Waals surface area contributed by atoms with Gasteiger partial charge in [-0.1, -0.05) is 50.1 Å². The molecule has 0 spiro atoms. The Labute approximate surface area is 134 Å². The van der Waals surface area contributed by atoms with E-state index in [1.165, 1.54) is 0 Å². The topological polar surface area (TPSA) is 55.6 Å². The first kappa shape index (κ1) is 15.4. The summed E-state index contributed by atoms with van der Waals surface area (Å²) in [7, 11) is 0. The summed E-state index contributed by atoms with van der Waals surface area (Å²) in [6, 6.07) is 9.91. The zero-order valence-corrected chi connectivity index (χ0v) is 13.2. The minimum absolute atomic E-state index is 0.436. The highest BCUT2D eigenvalue weighted by atomic mass is 19.1. The number of fused-ring (bicyclic) bond motifs is 1. The quantitative estimate of drug-likeness (QED) is 0.533. The van der Waals surface area contributed by atoms with Gasteiger partial charge >= 0.3 is 6.08 Å². The second kappa shape index (κ2) is 7.17. The van der Waals surface area contributed by atoms with E-state index in [0.717, 1.165) is 31.4 Å². The van der Waals surface area contributed by atoms with E-state index >= 15 is 0 Å². The number of nitrogens with zero attached hydrogens (tertiary/aromatic N) is 4. The van der Waals surface area contributed by atoms with Crippen LogP contribution < -0.4 is 5.32 Å². The smallest absolute Gasteiger partial charge is 0.312 e. The van der Waals surface area contributed by atoms with Crippen molar-refractivity contribution in [1.29, 1.82) is 0 Å². The van der Waals surface area contributed by atoms with Crippen LogP contribution in [0, 0.1) is 6.08 Å². The van der Waals surface area contributed by atoms with Crippen molar-refractivity contribution in [3.05, 3.63) is 48.3 Å². The SMILES string of the molecule is CCCCCn1cnc2c(NCc3ccccc3)nc(F)nc21. The number of benzene rings is 1. The first-order valence-corrected chi connectivity index (χ1v) is 7.94. The van der Waals surface area contributed by atoms with E-state index in [-0.39, 0.29) is 0 Å². The Hall–Kier alpha value is -2.50. The van der Waals surface area contributed by atoms with Crippen molar-refractivity contribution in [2.45, 2.75) is 39.3 Å². The number of aryl methyl sites for hydroxylation is 1. The lowest BCUT2D eigenvalue weighted by Crippen LogP contribution is -2.06. The highest BCUT2D eigenvalue weighted by molar-refractivity contribution is 5.82. The van der Waals surface area contributed by atoms with Gasteiger partial charge in [-0.15, -0.1) is 0 Å². The molecular weight excluding hydrogens is 293 g/mol. The zero-order chi connectivity index (χ0) is 16.1. The molecule has 0 fully saturated rings.